The third kappa shape index (κ3) is 3.68. The lowest BCUT2D eigenvalue weighted by Gasteiger charge is -2.23. The fourth-order valence-corrected chi connectivity index (χ4v) is 4.03. The lowest BCUT2D eigenvalue weighted by molar-refractivity contribution is 0.460. The number of pyridine rings is 1. The molecule has 26 heavy (non-hydrogen) atoms. The highest BCUT2D eigenvalue weighted by Crippen LogP contribution is 2.33. The van der Waals surface area contributed by atoms with Gasteiger partial charge in [0.1, 0.15) is 0 Å². The van der Waals surface area contributed by atoms with E-state index >= 15 is 0 Å². The zero-order valence-electron chi connectivity index (χ0n) is 16.7. The normalized spacial score (nSPS) is 15.0. The summed E-state index contributed by atoms with van der Waals surface area (Å²) in [5.74, 6) is 0.688. The average Bonchev–Trinajstić information content (AvgIpc) is 2.99. The number of nitrogens with zero attached hydrogens (tertiary/aromatic N) is 1. The Bertz CT molecular complexity index is 866. The van der Waals surface area contributed by atoms with Crippen molar-refractivity contribution in [2.45, 2.75) is 53.4 Å². The van der Waals surface area contributed by atoms with Crippen LogP contribution in [0.3, 0.4) is 0 Å². The fourth-order valence-electron chi connectivity index (χ4n) is 4.03. The number of hydrogen-bond acceptors (Lipinski definition) is 2. The second-order valence-corrected chi connectivity index (χ2v) is 7.09. The number of benzene rings is 1. The maximum Gasteiger partial charge on any atom is 0.0495 e. The van der Waals surface area contributed by atoms with Crippen LogP contribution in [0, 0.1) is 20.8 Å². The average molecular weight is 350 g/mol. The molecule has 1 aliphatic rings. The van der Waals surface area contributed by atoms with Gasteiger partial charge < -0.3 is 10.3 Å². The van der Waals surface area contributed by atoms with Gasteiger partial charge in [0.05, 0.1) is 0 Å². The highest BCUT2D eigenvalue weighted by molar-refractivity contribution is 5.91. The lowest BCUT2D eigenvalue weighted by Crippen LogP contribution is -2.26. The first-order valence-electron chi connectivity index (χ1n) is 9.90. The largest absolute Gasteiger partial charge is 0.354 e. The molecule has 0 amide bonds. The number of H-pyrrole nitrogens is 1. The summed E-state index contributed by atoms with van der Waals surface area (Å²) in [6.07, 6.45) is 2.47. The first-order chi connectivity index (χ1) is 12.6. The van der Waals surface area contributed by atoms with E-state index in [9.17, 15) is 0 Å². The van der Waals surface area contributed by atoms with Gasteiger partial charge in [-0.3, -0.25) is 4.98 Å². The van der Waals surface area contributed by atoms with Crippen molar-refractivity contribution >= 4 is 10.9 Å². The van der Waals surface area contributed by atoms with Gasteiger partial charge in [-0.05, 0) is 81.9 Å². The van der Waals surface area contributed by atoms with E-state index in [1.165, 1.54) is 46.1 Å². The molecule has 0 aliphatic carbocycles. The quantitative estimate of drug-likeness (QED) is 0.628. The summed E-state index contributed by atoms with van der Waals surface area (Å²) in [6, 6.07) is 11.3. The van der Waals surface area contributed by atoms with Crippen molar-refractivity contribution in [3.63, 3.8) is 0 Å². The van der Waals surface area contributed by atoms with Crippen LogP contribution in [0.5, 0.6) is 0 Å². The van der Waals surface area contributed by atoms with Gasteiger partial charge in [-0.1, -0.05) is 26.0 Å². The Balaban J connectivity index is 0.000000948. The van der Waals surface area contributed by atoms with E-state index in [1.807, 2.05) is 13.8 Å². The monoisotopic (exact) mass is 349 g/mol. The molecule has 0 spiro atoms. The number of rotatable bonds is 2. The molecule has 3 aromatic rings. The fraction of sp³-hybridized carbons (Fsp3) is 0.435. The number of piperidine rings is 1. The van der Waals surface area contributed by atoms with Crippen molar-refractivity contribution in [2.75, 3.05) is 13.1 Å². The standard InChI is InChI=1S/C21H25N3.C2H6/c1-13-10-18(11-14(2)23-13)21-15(3)19-5-4-17(12-20(19)24-21)16-6-8-22-9-7-16;1-2/h4-5,10-12,16,22,24H,6-9H2,1-3H3;1-2H3. The predicted octanol–water partition coefficient (Wildman–Crippen LogP) is 5.65. The van der Waals surface area contributed by atoms with Crippen LogP contribution >= 0.6 is 0 Å². The van der Waals surface area contributed by atoms with E-state index in [0.717, 1.165) is 24.5 Å². The first-order valence-corrected chi connectivity index (χ1v) is 9.90. The summed E-state index contributed by atoms with van der Waals surface area (Å²) in [7, 11) is 0. The van der Waals surface area contributed by atoms with E-state index in [1.54, 1.807) is 0 Å². The van der Waals surface area contributed by atoms with Crippen molar-refractivity contribution in [1.29, 1.82) is 0 Å². The van der Waals surface area contributed by atoms with Crippen LogP contribution in [0.25, 0.3) is 22.2 Å². The minimum atomic E-state index is 0.688. The van der Waals surface area contributed by atoms with Gasteiger partial charge in [0.25, 0.3) is 0 Å². The molecule has 3 heteroatoms. The van der Waals surface area contributed by atoms with Crippen molar-refractivity contribution in [2.24, 2.45) is 0 Å². The van der Waals surface area contributed by atoms with Crippen LogP contribution in [0.1, 0.15) is 55.1 Å². The molecular weight excluding hydrogens is 318 g/mol. The summed E-state index contributed by atoms with van der Waals surface area (Å²) >= 11 is 0. The maximum atomic E-state index is 4.50. The smallest absolute Gasteiger partial charge is 0.0495 e. The van der Waals surface area contributed by atoms with Crippen LogP contribution < -0.4 is 5.32 Å². The third-order valence-corrected chi connectivity index (χ3v) is 5.26. The molecule has 0 atom stereocenters. The predicted molar refractivity (Wildman–Crippen MR) is 112 cm³/mol. The van der Waals surface area contributed by atoms with Crippen molar-refractivity contribution < 1.29 is 0 Å². The molecule has 2 aromatic heterocycles. The Morgan fingerprint density at radius 3 is 2.23 bits per heavy atom. The molecule has 3 heterocycles. The molecule has 1 saturated heterocycles. The van der Waals surface area contributed by atoms with E-state index in [-0.39, 0.29) is 0 Å². The number of aromatic nitrogens is 2. The van der Waals surface area contributed by atoms with Gasteiger partial charge in [-0.25, -0.2) is 0 Å². The van der Waals surface area contributed by atoms with Gasteiger partial charge in [0.15, 0.2) is 0 Å². The van der Waals surface area contributed by atoms with Gasteiger partial charge in [0.2, 0.25) is 0 Å². The molecule has 0 bridgehead atoms. The number of nitrogens with one attached hydrogen (secondary N) is 2. The molecule has 1 aromatic carbocycles. The number of fused-ring (bicyclic) bond motifs is 1. The second kappa shape index (κ2) is 8.05. The molecule has 3 nitrogen and oxygen atoms in total. The Labute approximate surface area is 157 Å². The molecule has 0 saturated carbocycles. The van der Waals surface area contributed by atoms with Crippen molar-refractivity contribution in [3.8, 4) is 11.3 Å². The number of aryl methyl sites for hydroxylation is 3. The minimum absolute atomic E-state index is 0.688. The highest BCUT2D eigenvalue weighted by Gasteiger charge is 2.17. The van der Waals surface area contributed by atoms with Gasteiger partial charge >= 0.3 is 0 Å². The maximum absolute atomic E-state index is 4.50. The summed E-state index contributed by atoms with van der Waals surface area (Å²) < 4.78 is 0. The third-order valence-electron chi connectivity index (χ3n) is 5.26. The summed E-state index contributed by atoms with van der Waals surface area (Å²) in [5, 5.41) is 4.78. The number of aromatic amines is 1. The molecule has 0 radical (unpaired) electrons. The van der Waals surface area contributed by atoms with Gasteiger partial charge in [0, 0.05) is 33.5 Å². The van der Waals surface area contributed by atoms with Crippen molar-refractivity contribution in [1.82, 2.24) is 15.3 Å². The molecular formula is C23H31N3. The lowest BCUT2D eigenvalue weighted by atomic mass is 9.89. The number of hydrogen-bond donors (Lipinski definition) is 2. The van der Waals surface area contributed by atoms with Crippen LogP contribution in [0.2, 0.25) is 0 Å². The molecule has 1 aliphatic heterocycles. The molecule has 0 unspecified atom stereocenters. The van der Waals surface area contributed by atoms with E-state index in [4.69, 9.17) is 0 Å². The Morgan fingerprint density at radius 1 is 0.923 bits per heavy atom. The molecule has 138 valence electrons. The van der Waals surface area contributed by atoms with Crippen LogP contribution in [0.15, 0.2) is 30.3 Å². The zero-order valence-corrected chi connectivity index (χ0v) is 16.7. The van der Waals surface area contributed by atoms with Gasteiger partial charge in [-0.2, -0.15) is 0 Å². The summed E-state index contributed by atoms with van der Waals surface area (Å²) in [4.78, 5) is 8.17. The summed E-state index contributed by atoms with van der Waals surface area (Å²) in [6.45, 7) is 12.6. The van der Waals surface area contributed by atoms with Crippen LogP contribution in [0.4, 0.5) is 0 Å². The minimum Gasteiger partial charge on any atom is -0.354 e. The Kier molecular flexibility index (Phi) is 5.77. The molecule has 4 rings (SSSR count). The first kappa shape index (κ1) is 18.7. The summed E-state index contributed by atoms with van der Waals surface area (Å²) in [5.41, 5.74) is 8.64. The van der Waals surface area contributed by atoms with Crippen LogP contribution in [-0.4, -0.2) is 23.1 Å². The van der Waals surface area contributed by atoms with Crippen molar-refractivity contribution in [3.05, 3.63) is 52.8 Å². The van der Waals surface area contributed by atoms with Gasteiger partial charge in [-0.15, -0.1) is 0 Å². The Hall–Kier alpha value is -2.13. The topological polar surface area (TPSA) is 40.7 Å². The van der Waals surface area contributed by atoms with E-state index < -0.39 is 0 Å². The van der Waals surface area contributed by atoms with E-state index in [0.29, 0.717) is 5.92 Å². The second-order valence-electron chi connectivity index (χ2n) is 7.09. The SMILES string of the molecule is CC.Cc1cc(-c2[nH]c3cc(C4CCNCC4)ccc3c2C)cc(C)n1. The highest BCUT2D eigenvalue weighted by atomic mass is 14.9. The molecule has 1 fully saturated rings. The Morgan fingerprint density at radius 2 is 1.58 bits per heavy atom. The van der Waals surface area contributed by atoms with Crippen LogP contribution in [-0.2, 0) is 0 Å². The van der Waals surface area contributed by atoms with E-state index in [2.05, 4.69) is 66.4 Å². The zero-order chi connectivity index (χ0) is 18.7. The molecule has 2 N–H and O–H groups in total.